The van der Waals surface area contributed by atoms with E-state index in [-0.39, 0.29) is 5.75 Å². The summed E-state index contributed by atoms with van der Waals surface area (Å²) in [6.07, 6.45) is 4.02. The molecule has 0 aliphatic carbocycles. The predicted octanol–water partition coefficient (Wildman–Crippen LogP) is 5.35. The lowest BCUT2D eigenvalue weighted by molar-refractivity contribution is 0.475. The van der Waals surface area contributed by atoms with Crippen LogP contribution in [0.15, 0.2) is 78.9 Å². The molecule has 2 nitrogen and oxygen atoms in total. The number of aromatic hydroxyl groups is 1. The lowest BCUT2D eigenvalue weighted by atomic mass is 10.1. The molecule has 2 heteroatoms. The van der Waals surface area contributed by atoms with E-state index in [1.165, 1.54) is 0 Å². The van der Waals surface area contributed by atoms with E-state index in [0.29, 0.717) is 0 Å². The highest BCUT2D eigenvalue weighted by Gasteiger charge is 1.97. The van der Waals surface area contributed by atoms with Gasteiger partial charge in [0, 0.05) is 0 Å². The molecule has 3 rings (SSSR count). The van der Waals surface area contributed by atoms with Gasteiger partial charge in [-0.25, -0.2) is 0 Å². The maximum atomic E-state index is 9.28. The van der Waals surface area contributed by atoms with Crippen LogP contribution in [0.5, 0.6) is 17.2 Å². The second kappa shape index (κ2) is 6.64. The molecular formula is C20H16O2. The van der Waals surface area contributed by atoms with Crippen molar-refractivity contribution in [2.45, 2.75) is 0 Å². The van der Waals surface area contributed by atoms with Crippen molar-refractivity contribution < 1.29 is 9.84 Å². The van der Waals surface area contributed by atoms with Gasteiger partial charge in [0.25, 0.3) is 0 Å². The minimum absolute atomic E-state index is 0.274. The molecule has 0 aromatic heterocycles. The first-order valence-electron chi connectivity index (χ1n) is 7.10. The average molecular weight is 288 g/mol. The maximum Gasteiger partial charge on any atom is 0.128 e. The van der Waals surface area contributed by atoms with Crippen molar-refractivity contribution in [2.24, 2.45) is 0 Å². The van der Waals surface area contributed by atoms with Crippen LogP contribution in [0.2, 0.25) is 0 Å². The van der Waals surface area contributed by atoms with Crippen molar-refractivity contribution in [3.63, 3.8) is 0 Å². The van der Waals surface area contributed by atoms with Gasteiger partial charge in [-0.2, -0.15) is 0 Å². The van der Waals surface area contributed by atoms with Crippen LogP contribution in [0, 0.1) is 0 Å². The van der Waals surface area contributed by atoms with E-state index in [4.69, 9.17) is 4.74 Å². The fourth-order valence-electron chi connectivity index (χ4n) is 2.08. The van der Waals surface area contributed by atoms with Crippen LogP contribution < -0.4 is 4.74 Å². The lowest BCUT2D eigenvalue weighted by Crippen LogP contribution is -1.83. The fourth-order valence-corrected chi connectivity index (χ4v) is 2.08. The maximum absolute atomic E-state index is 9.28. The molecule has 0 heterocycles. The van der Waals surface area contributed by atoms with Crippen molar-refractivity contribution in [3.05, 3.63) is 90.0 Å². The zero-order valence-electron chi connectivity index (χ0n) is 12.0. The summed E-state index contributed by atoms with van der Waals surface area (Å²) in [5.74, 6) is 1.90. The molecule has 0 aliphatic rings. The van der Waals surface area contributed by atoms with Gasteiger partial charge in [0.1, 0.15) is 17.2 Å². The summed E-state index contributed by atoms with van der Waals surface area (Å²) in [5.41, 5.74) is 2.09. The summed E-state index contributed by atoms with van der Waals surface area (Å²) in [7, 11) is 0. The standard InChI is InChI=1S/C20H16O2/c21-18-13-11-16(12-14-18)9-10-17-5-4-8-20(15-17)22-19-6-2-1-3-7-19/h1-15,21H/b10-9+. The van der Waals surface area contributed by atoms with E-state index < -0.39 is 0 Å². The number of hydrogen-bond donors (Lipinski definition) is 1. The second-order valence-electron chi connectivity index (χ2n) is 4.91. The van der Waals surface area contributed by atoms with Crippen LogP contribution in [0.1, 0.15) is 11.1 Å². The summed E-state index contributed by atoms with van der Waals surface area (Å²) in [6, 6.07) is 24.7. The first-order chi connectivity index (χ1) is 10.8. The zero-order chi connectivity index (χ0) is 15.2. The van der Waals surface area contributed by atoms with Crippen molar-refractivity contribution in [1.82, 2.24) is 0 Å². The molecule has 0 atom stereocenters. The van der Waals surface area contributed by atoms with Gasteiger partial charge in [-0.05, 0) is 47.5 Å². The Balaban J connectivity index is 1.75. The smallest absolute Gasteiger partial charge is 0.128 e. The summed E-state index contributed by atoms with van der Waals surface area (Å²) in [6.45, 7) is 0. The molecule has 0 spiro atoms. The van der Waals surface area contributed by atoms with Gasteiger partial charge in [-0.1, -0.05) is 54.6 Å². The lowest BCUT2D eigenvalue weighted by Gasteiger charge is -2.05. The number of rotatable bonds is 4. The zero-order valence-corrected chi connectivity index (χ0v) is 12.0. The van der Waals surface area contributed by atoms with Crippen LogP contribution in [-0.4, -0.2) is 5.11 Å². The van der Waals surface area contributed by atoms with Gasteiger partial charge in [-0.3, -0.25) is 0 Å². The fraction of sp³-hybridized carbons (Fsp3) is 0. The highest BCUT2D eigenvalue weighted by Crippen LogP contribution is 2.22. The quantitative estimate of drug-likeness (QED) is 0.655. The van der Waals surface area contributed by atoms with Gasteiger partial charge in [0.2, 0.25) is 0 Å². The molecule has 108 valence electrons. The molecule has 0 saturated carbocycles. The summed E-state index contributed by atoms with van der Waals surface area (Å²) < 4.78 is 5.82. The number of benzene rings is 3. The molecule has 0 fully saturated rings. The predicted molar refractivity (Wildman–Crippen MR) is 90.0 cm³/mol. The second-order valence-corrected chi connectivity index (χ2v) is 4.91. The van der Waals surface area contributed by atoms with E-state index in [2.05, 4.69) is 0 Å². The molecule has 22 heavy (non-hydrogen) atoms. The van der Waals surface area contributed by atoms with Gasteiger partial charge >= 0.3 is 0 Å². The number of phenolic OH excluding ortho intramolecular Hbond substituents is 1. The van der Waals surface area contributed by atoms with Crippen LogP contribution in [0.25, 0.3) is 12.2 Å². The van der Waals surface area contributed by atoms with Crippen LogP contribution >= 0.6 is 0 Å². The van der Waals surface area contributed by atoms with E-state index >= 15 is 0 Å². The first-order valence-corrected chi connectivity index (χ1v) is 7.10. The largest absolute Gasteiger partial charge is 0.508 e. The molecule has 0 bridgehead atoms. The number of hydrogen-bond acceptors (Lipinski definition) is 2. The molecule has 3 aromatic rings. The molecular weight excluding hydrogens is 272 g/mol. The monoisotopic (exact) mass is 288 g/mol. The molecule has 1 N–H and O–H groups in total. The van der Waals surface area contributed by atoms with Crippen LogP contribution in [0.4, 0.5) is 0 Å². The highest BCUT2D eigenvalue weighted by atomic mass is 16.5. The first kappa shape index (κ1) is 14.0. The van der Waals surface area contributed by atoms with Crippen LogP contribution in [-0.2, 0) is 0 Å². The number of ether oxygens (including phenoxy) is 1. The Bertz CT molecular complexity index is 759. The molecule has 3 aromatic carbocycles. The van der Waals surface area contributed by atoms with Gasteiger partial charge in [-0.15, -0.1) is 0 Å². The molecule has 0 saturated heterocycles. The normalized spacial score (nSPS) is 10.7. The number of phenols is 1. The Morgan fingerprint density at radius 2 is 1.32 bits per heavy atom. The third-order valence-corrected chi connectivity index (χ3v) is 3.20. The molecule has 0 radical (unpaired) electrons. The van der Waals surface area contributed by atoms with E-state index in [1.54, 1.807) is 12.1 Å². The van der Waals surface area contributed by atoms with E-state index in [1.807, 2.05) is 78.9 Å². The minimum atomic E-state index is 0.274. The van der Waals surface area contributed by atoms with Gasteiger partial charge < -0.3 is 9.84 Å². The Morgan fingerprint density at radius 1 is 0.636 bits per heavy atom. The Morgan fingerprint density at radius 3 is 2.09 bits per heavy atom. The SMILES string of the molecule is Oc1ccc(/C=C/c2cccc(Oc3ccccc3)c2)cc1. The highest BCUT2D eigenvalue weighted by molar-refractivity contribution is 5.70. The topological polar surface area (TPSA) is 29.5 Å². The minimum Gasteiger partial charge on any atom is -0.508 e. The van der Waals surface area contributed by atoms with Crippen LogP contribution in [0.3, 0.4) is 0 Å². The Labute approximate surface area is 129 Å². The summed E-state index contributed by atoms with van der Waals surface area (Å²) >= 11 is 0. The third-order valence-electron chi connectivity index (χ3n) is 3.20. The molecule has 0 amide bonds. The third kappa shape index (κ3) is 3.76. The Kier molecular flexibility index (Phi) is 4.21. The summed E-state index contributed by atoms with van der Waals surface area (Å²) in [4.78, 5) is 0. The van der Waals surface area contributed by atoms with Crippen molar-refractivity contribution in [2.75, 3.05) is 0 Å². The number of para-hydroxylation sites is 1. The van der Waals surface area contributed by atoms with Crippen molar-refractivity contribution in [1.29, 1.82) is 0 Å². The van der Waals surface area contributed by atoms with Gasteiger partial charge in [0.05, 0.1) is 0 Å². The van der Waals surface area contributed by atoms with E-state index in [0.717, 1.165) is 22.6 Å². The Hall–Kier alpha value is -3.00. The average Bonchev–Trinajstić information content (AvgIpc) is 2.56. The summed E-state index contributed by atoms with van der Waals surface area (Å²) in [5, 5.41) is 9.28. The van der Waals surface area contributed by atoms with Crippen molar-refractivity contribution in [3.8, 4) is 17.2 Å². The molecule has 0 unspecified atom stereocenters. The van der Waals surface area contributed by atoms with E-state index in [9.17, 15) is 5.11 Å². The van der Waals surface area contributed by atoms with Crippen molar-refractivity contribution >= 4 is 12.2 Å². The molecule has 0 aliphatic heterocycles. The van der Waals surface area contributed by atoms with Gasteiger partial charge in [0.15, 0.2) is 0 Å².